The maximum atomic E-state index is 12.2. The Morgan fingerprint density at radius 2 is 1.94 bits per heavy atom. The van der Waals surface area contributed by atoms with Crippen molar-refractivity contribution in [2.45, 2.75) is 26.3 Å². The fraction of sp³-hybridized carbons (Fsp3) is 0.533. The summed E-state index contributed by atoms with van der Waals surface area (Å²) in [7, 11) is 0. The van der Waals surface area contributed by atoms with Crippen LogP contribution in [-0.2, 0) is 0 Å². The highest BCUT2D eigenvalue weighted by Crippen LogP contribution is 2.25. The number of rotatable bonds is 1. The van der Waals surface area contributed by atoms with E-state index < -0.39 is 0 Å². The maximum Gasteiger partial charge on any atom is 0.253 e. The predicted octanol–water partition coefficient (Wildman–Crippen LogP) is 2.15. The van der Waals surface area contributed by atoms with Crippen molar-refractivity contribution in [1.82, 2.24) is 10.2 Å². The molecule has 2 aliphatic heterocycles. The average molecular weight is 246 g/mol. The van der Waals surface area contributed by atoms with Gasteiger partial charge in [-0.3, -0.25) is 4.79 Å². The molecule has 3 nitrogen and oxygen atoms in total. The highest BCUT2D eigenvalue weighted by molar-refractivity contribution is 5.94. The van der Waals surface area contributed by atoms with Gasteiger partial charge in [0.15, 0.2) is 0 Å². The molecular formula is C15H22N2O. The molecule has 2 aliphatic rings. The summed E-state index contributed by atoms with van der Waals surface area (Å²) in [6.07, 6.45) is 1.21. The summed E-state index contributed by atoms with van der Waals surface area (Å²) in [5, 5.41) is 3.46. The highest BCUT2D eigenvalue weighted by atomic mass is 16.2. The van der Waals surface area contributed by atoms with Gasteiger partial charge in [0.2, 0.25) is 0 Å². The number of nitrogens with zero attached hydrogens (tertiary/aromatic N) is 1. The number of carbonyl (C=O) groups excluding carboxylic acids is 1. The Morgan fingerprint density at radius 3 is 2.61 bits per heavy atom. The van der Waals surface area contributed by atoms with Crippen molar-refractivity contribution >= 4 is 5.91 Å². The predicted molar refractivity (Wildman–Crippen MR) is 73.6 cm³/mol. The van der Waals surface area contributed by atoms with Gasteiger partial charge in [0.05, 0.1) is 0 Å². The van der Waals surface area contributed by atoms with Crippen molar-refractivity contribution in [3.05, 3.63) is 35.9 Å². The number of amides is 1. The Balaban J connectivity index is 0.000000574. The van der Waals surface area contributed by atoms with E-state index in [4.69, 9.17) is 0 Å². The minimum atomic E-state index is 0.178. The Hall–Kier alpha value is -1.35. The van der Waals surface area contributed by atoms with Gasteiger partial charge in [-0.2, -0.15) is 0 Å². The smallest absolute Gasteiger partial charge is 0.253 e. The van der Waals surface area contributed by atoms with Crippen LogP contribution in [0.5, 0.6) is 0 Å². The second-order valence-corrected chi connectivity index (χ2v) is 4.69. The molecule has 0 unspecified atom stereocenters. The van der Waals surface area contributed by atoms with E-state index in [1.165, 1.54) is 6.42 Å². The van der Waals surface area contributed by atoms with E-state index in [0.29, 0.717) is 12.0 Å². The summed E-state index contributed by atoms with van der Waals surface area (Å²) < 4.78 is 0. The number of carbonyl (C=O) groups is 1. The van der Waals surface area contributed by atoms with E-state index in [9.17, 15) is 4.79 Å². The maximum absolute atomic E-state index is 12.2. The molecule has 3 rings (SSSR count). The van der Waals surface area contributed by atoms with Crippen molar-refractivity contribution in [3.8, 4) is 0 Å². The van der Waals surface area contributed by atoms with Crippen LogP contribution in [0.1, 0.15) is 30.6 Å². The average Bonchev–Trinajstić information content (AvgIpc) is 3.02. The normalized spacial score (nSPS) is 25.3. The molecule has 0 aliphatic carbocycles. The summed E-state index contributed by atoms with van der Waals surface area (Å²) in [5.74, 6) is 0.851. The molecule has 0 radical (unpaired) electrons. The number of likely N-dealkylation sites (tertiary alicyclic amines) is 1. The SMILES string of the molecule is CC.O=C(c1ccccc1)N1C[C@@H]2CCN[C@@H]2C1. The van der Waals surface area contributed by atoms with E-state index in [1.54, 1.807) is 0 Å². The first-order valence-corrected chi connectivity index (χ1v) is 6.92. The van der Waals surface area contributed by atoms with Crippen LogP contribution >= 0.6 is 0 Å². The summed E-state index contributed by atoms with van der Waals surface area (Å²) in [4.78, 5) is 14.2. The van der Waals surface area contributed by atoms with Gasteiger partial charge in [-0.1, -0.05) is 32.0 Å². The molecule has 2 fully saturated rings. The van der Waals surface area contributed by atoms with Gasteiger partial charge < -0.3 is 10.2 Å². The highest BCUT2D eigenvalue weighted by Gasteiger charge is 2.37. The second kappa shape index (κ2) is 6.01. The van der Waals surface area contributed by atoms with Crippen LogP contribution in [0.15, 0.2) is 30.3 Å². The lowest BCUT2D eigenvalue weighted by molar-refractivity contribution is 0.0782. The van der Waals surface area contributed by atoms with E-state index in [2.05, 4.69) is 5.32 Å². The topological polar surface area (TPSA) is 32.3 Å². The first-order chi connectivity index (χ1) is 8.84. The molecule has 1 aromatic carbocycles. The second-order valence-electron chi connectivity index (χ2n) is 4.69. The fourth-order valence-corrected chi connectivity index (χ4v) is 2.78. The monoisotopic (exact) mass is 246 g/mol. The molecule has 0 aromatic heterocycles. The van der Waals surface area contributed by atoms with Crippen LogP contribution in [0.2, 0.25) is 0 Å². The quantitative estimate of drug-likeness (QED) is 0.823. The molecule has 0 saturated carbocycles. The number of nitrogens with one attached hydrogen (secondary N) is 1. The number of hydrogen-bond donors (Lipinski definition) is 1. The zero-order valence-electron chi connectivity index (χ0n) is 11.2. The molecular weight excluding hydrogens is 224 g/mol. The summed E-state index contributed by atoms with van der Waals surface area (Å²) in [6.45, 7) is 6.91. The minimum absolute atomic E-state index is 0.178. The number of hydrogen-bond acceptors (Lipinski definition) is 2. The third kappa shape index (κ3) is 2.56. The van der Waals surface area contributed by atoms with Gasteiger partial charge in [-0.25, -0.2) is 0 Å². The van der Waals surface area contributed by atoms with E-state index >= 15 is 0 Å². The Morgan fingerprint density at radius 1 is 1.22 bits per heavy atom. The molecule has 2 atom stereocenters. The summed E-state index contributed by atoms with van der Waals surface area (Å²) in [5.41, 5.74) is 0.808. The Labute approximate surface area is 109 Å². The lowest BCUT2D eigenvalue weighted by Gasteiger charge is -2.17. The lowest BCUT2D eigenvalue weighted by atomic mass is 10.1. The van der Waals surface area contributed by atoms with Crippen molar-refractivity contribution in [2.75, 3.05) is 19.6 Å². The third-order valence-electron chi connectivity index (χ3n) is 3.67. The molecule has 2 saturated heterocycles. The van der Waals surface area contributed by atoms with Crippen LogP contribution in [0.4, 0.5) is 0 Å². The molecule has 2 heterocycles. The molecule has 3 heteroatoms. The lowest BCUT2D eigenvalue weighted by Crippen LogP contribution is -2.33. The van der Waals surface area contributed by atoms with Gasteiger partial charge >= 0.3 is 0 Å². The minimum Gasteiger partial charge on any atom is -0.337 e. The molecule has 1 N–H and O–H groups in total. The van der Waals surface area contributed by atoms with Crippen LogP contribution in [0.25, 0.3) is 0 Å². The first kappa shape index (κ1) is 13.1. The zero-order valence-corrected chi connectivity index (χ0v) is 11.2. The largest absolute Gasteiger partial charge is 0.337 e. The molecule has 1 amide bonds. The standard InChI is InChI=1S/C13H16N2O.C2H6/c16-13(10-4-2-1-3-5-10)15-8-11-6-7-14-12(11)9-15;1-2/h1-5,11-12,14H,6-9H2;1-2H3/t11-,12+;/m0./s1. The van der Waals surface area contributed by atoms with Gasteiger partial charge in [-0.15, -0.1) is 0 Å². The third-order valence-corrected chi connectivity index (χ3v) is 3.67. The summed E-state index contributed by atoms with van der Waals surface area (Å²) >= 11 is 0. The first-order valence-electron chi connectivity index (χ1n) is 6.92. The van der Waals surface area contributed by atoms with E-state index in [-0.39, 0.29) is 5.91 Å². The van der Waals surface area contributed by atoms with Gasteiger partial charge in [0, 0.05) is 24.7 Å². The number of benzene rings is 1. The number of fused-ring (bicyclic) bond motifs is 1. The van der Waals surface area contributed by atoms with Gasteiger partial charge in [0.25, 0.3) is 5.91 Å². The van der Waals surface area contributed by atoms with Crippen molar-refractivity contribution in [1.29, 1.82) is 0 Å². The molecule has 98 valence electrons. The van der Waals surface area contributed by atoms with E-state index in [0.717, 1.165) is 25.2 Å². The van der Waals surface area contributed by atoms with Crippen LogP contribution < -0.4 is 5.32 Å². The molecule has 0 spiro atoms. The van der Waals surface area contributed by atoms with Gasteiger partial charge in [0.1, 0.15) is 0 Å². The molecule has 1 aromatic rings. The van der Waals surface area contributed by atoms with Crippen LogP contribution in [0.3, 0.4) is 0 Å². The molecule has 0 bridgehead atoms. The van der Waals surface area contributed by atoms with Crippen LogP contribution in [-0.4, -0.2) is 36.5 Å². The fourth-order valence-electron chi connectivity index (χ4n) is 2.78. The van der Waals surface area contributed by atoms with E-state index in [1.807, 2.05) is 49.1 Å². The molecule has 18 heavy (non-hydrogen) atoms. The van der Waals surface area contributed by atoms with Gasteiger partial charge in [-0.05, 0) is 31.0 Å². The zero-order chi connectivity index (χ0) is 13.0. The Bertz CT molecular complexity index is 379. The Kier molecular flexibility index (Phi) is 4.37. The van der Waals surface area contributed by atoms with Crippen molar-refractivity contribution < 1.29 is 4.79 Å². The van der Waals surface area contributed by atoms with Crippen molar-refractivity contribution in [3.63, 3.8) is 0 Å². The van der Waals surface area contributed by atoms with Crippen LogP contribution in [0, 0.1) is 5.92 Å². The summed E-state index contributed by atoms with van der Waals surface area (Å²) in [6, 6.07) is 10.1. The van der Waals surface area contributed by atoms with Crippen molar-refractivity contribution in [2.24, 2.45) is 5.92 Å².